The van der Waals surface area contributed by atoms with Crippen molar-refractivity contribution in [3.63, 3.8) is 0 Å². The molecule has 0 aliphatic carbocycles. The average Bonchev–Trinajstić information content (AvgIpc) is 2.40. The van der Waals surface area contributed by atoms with E-state index >= 15 is 0 Å². The quantitative estimate of drug-likeness (QED) is 0.659. The first-order valence-electron chi connectivity index (χ1n) is 5.88. The van der Waals surface area contributed by atoms with Gasteiger partial charge in [0.05, 0.1) is 0 Å². The van der Waals surface area contributed by atoms with Gasteiger partial charge in [0.1, 0.15) is 0 Å². The molecule has 0 saturated heterocycles. The Labute approximate surface area is 116 Å². The van der Waals surface area contributed by atoms with Gasteiger partial charge in [0.25, 0.3) is 0 Å². The second kappa shape index (κ2) is 5.31. The summed E-state index contributed by atoms with van der Waals surface area (Å²) in [6.45, 7) is 0. The molecule has 70 valence electrons. The maximum atomic E-state index is 2.32. The second-order valence-corrected chi connectivity index (χ2v) is 4.42. The van der Waals surface area contributed by atoms with Crippen molar-refractivity contribution in [3.8, 4) is 0 Å². The minimum atomic E-state index is 0.127. The fourth-order valence-corrected chi connectivity index (χ4v) is 2.19. The summed E-state index contributed by atoms with van der Waals surface area (Å²) < 4.78 is 0.127. The van der Waals surface area contributed by atoms with Crippen LogP contribution in [0.3, 0.4) is 0 Å². The molecule has 0 N–H and O–H groups in total. The van der Waals surface area contributed by atoms with E-state index in [0.29, 0.717) is 0 Å². The van der Waals surface area contributed by atoms with Crippen molar-refractivity contribution >= 4 is 35.4 Å². The van der Waals surface area contributed by atoms with Crippen LogP contribution in [0.2, 0.25) is 5.09 Å². The summed E-state index contributed by atoms with van der Waals surface area (Å²) in [4.78, 5) is 0. The molecule has 0 bridgehead atoms. The van der Waals surface area contributed by atoms with E-state index in [1.165, 1.54) is 11.1 Å². The predicted molar refractivity (Wildman–Crippen MR) is 70.0 cm³/mol. The molecule has 0 heterocycles. The molecule has 0 nitrogen and oxygen atoms in total. The molecule has 0 radical (unpaired) electrons. The summed E-state index contributed by atoms with van der Waals surface area (Å²) in [5.74, 6) is 0. The van der Waals surface area contributed by atoms with Gasteiger partial charge in [-0.3, -0.25) is 0 Å². The van der Waals surface area contributed by atoms with Crippen molar-refractivity contribution in [3.05, 3.63) is 71.8 Å². The van der Waals surface area contributed by atoms with Gasteiger partial charge in [0, 0.05) is 0 Å². The van der Waals surface area contributed by atoms with Crippen molar-refractivity contribution in [1.29, 1.82) is 0 Å². The van der Waals surface area contributed by atoms with Crippen LogP contribution in [0.5, 0.6) is 0 Å². The van der Waals surface area contributed by atoms with E-state index in [9.17, 15) is 0 Å². The van der Waals surface area contributed by atoms with Gasteiger partial charge in [-0.05, 0) is 0 Å². The van der Waals surface area contributed by atoms with E-state index in [1.54, 1.807) is 0 Å². The van der Waals surface area contributed by atoms with Crippen molar-refractivity contribution in [2.24, 2.45) is 0 Å². The third kappa shape index (κ3) is 2.32. The van der Waals surface area contributed by atoms with Crippen molar-refractivity contribution < 1.29 is 0 Å². The van der Waals surface area contributed by atoms with Crippen LogP contribution in [0, 0.1) is 0 Å². The Morgan fingerprint density at radius 2 is 1.12 bits per heavy atom. The molecule has 16 heavy (non-hydrogen) atoms. The van der Waals surface area contributed by atoms with Crippen LogP contribution in [0.4, 0.5) is 0 Å². The minimum absolute atomic E-state index is 0.127. The van der Waals surface area contributed by atoms with Gasteiger partial charge >= 0.3 is 116 Å². The van der Waals surface area contributed by atoms with E-state index in [0.717, 1.165) is 5.09 Å². The molecule has 2 heteroatoms. The fraction of sp³-hybridized carbons (Fsp3) is 0.143. The first-order valence-corrected chi connectivity index (χ1v) is 5.88. The normalized spacial score (nSPS) is 11.5. The molecule has 0 amide bonds. The van der Waals surface area contributed by atoms with E-state index in [1.807, 2.05) is 0 Å². The zero-order valence-corrected chi connectivity index (χ0v) is 9.98. The van der Waals surface area contributed by atoms with Gasteiger partial charge in [0.2, 0.25) is 0 Å². The number of benzene rings is 2. The zero-order chi connectivity index (χ0) is 11.4. The average molecular weight is 194 g/mol. The monoisotopic (exact) mass is 194 g/mol. The summed E-state index contributed by atoms with van der Waals surface area (Å²) in [6, 6.07) is 21.5. The van der Waals surface area contributed by atoms with E-state index in [4.69, 9.17) is 0 Å². The zero-order valence-electron chi connectivity index (χ0n) is 9.98. The Hall–Kier alpha value is -0.365. The summed E-state index contributed by atoms with van der Waals surface area (Å²) in [5, 5.41) is 1.11. The maximum absolute atomic E-state index is 2.32. The molecule has 0 atom stereocenters. The van der Waals surface area contributed by atoms with Crippen LogP contribution in [-0.4, -0.2) is 35.4 Å². The molecule has 2 aromatic carbocycles. The Morgan fingerprint density at radius 3 is 1.44 bits per heavy atom. The molecular weight excluding hydrogens is 182 g/mol. The van der Waals surface area contributed by atoms with Crippen LogP contribution >= 0.6 is 0 Å². The van der Waals surface area contributed by atoms with Crippen LogP contribution in [0.25, 0.3) is 0 Å². The predicted octanol–water partition coefficient (Wildman–Crippen LogP) is 2.69. The third-order valence-electron chi connectivity index (χ3n) is 3.53. The second-order valence-electron chi connectivity index (χ2n) is 4.42. The van der Waals surface area contributed by atoms with E-state index < -0.39 is 0 Å². The van der Waals surface area contributed by atoms with Crippen molar-refractivity contribution in [1.82, 2.24) is 0 Å². The Balaban J connectivity index is 2.49. The Bertz CT molecular complexity index is 397. The molecule has 0 aliphatic heterocycles. The van der Waals surface area contributed by atoms with Crippen LogP contribution in [0.1, 0.15) is 11.1 Å². The van der Waals surface area contributed by atoms with Crippen molar-refractivity contribution in [2.75, 3.05) is 0 Å². The first-order chi connectivity index (χ1) is 7.77. The van der Waals surface area contributed by atoms with Gasteiger partial charge in [-0.15, -0.1) is 0 Å². The third-order valence-corrected chi connectivity index (χ3v) is 3.53. The first kappa shape index (κ1) is 12.1. The Morgan fingerprint density at radius 1 is 0.750 bits per heavy atom. The number of rotatable bonds is 3. The van der Waals surface area contributed by atoms with Gasteiger partial charge in [-0.1, -0.05) is 0 Å². The molecule has 2 rings (SSSR count). The van der Waals surface area contributed by atoms with Gasteiger partial charge in [-0.2, -0.15) is 0 Å². The fourth-order valence-electron chi connectivity index (χ4n) is 2.19. The molecule has 0 fully saturated rings. The molecule has 0 aromatic heterocycles. The standard InChI is InChI=1S/C14H12.2Li/c1-12(13-8-4-2-5-9-13)14-10-6-3-7-11-14;;/h2-11H,1H2;;. The van der Waals surface area contributed by atoms with Gasteiger partial charge in [-0.25, -0.2) is 0 Å². The van der Waals surface area contributed by atoms with E-state index in [2.05, 4.69) is 96.1 Å². The molecule has 0 aliphatic rings. The van der Waals surface area contributed by atoms with Crippen LogP contribution < -0.4 is 0 Å². The molecule has 0 spiro atoms. The van der Waals surface area contributed by atoms with Crippen molar-refractivity contribution in [2.45, 2.75) is 9.18 Å². The van der Waals surface area contributed by atoms with Crippen LogP contribution in [0.15, 0.2) is 60.7 Å². The molecular formula is C14H12Li2. The number of hydrogen-bond acceptors (Lipinski definition) is 0. The van der Waals surface area contributed by atoms with Crippen LogP contribution in [-0.2, 0) is 4.09 Å². The summed E-state index contributed by atoms with van der Waals surface area (Å²) >= 11 is 4.57. The summed E-state index contributed by atoms with van der Waals surface area (Å²) in [5.41, 5.74) is 2.78. The molecule has 0 unspecified atom stereocenters. The van der Waals surface area contributed by atoms with Gasteiger partial charge in [0.15, 0.2) is 0 Å². The summed E-state index contributed by atoms with van der Waals surface area (Å²) in [6.07, 6.45) is 0. The Kier molecular flexibility index (Phi) is 4.02. The topological polar surface area (TPSA) is 0 Å². The molecule has 2 aromatic rings. The number of hydrogen-bond donors (Lipinski definition) is 0. The SMILES string of the molecule is [Li][CH2][C]([Li])(c1ccccc1)c1ccccc1. The van der Waals surface area contributed by atoms with E-state index in [-0.39, 0.29) is 4.09 Å². The summed E-state index contributed by atoms with van der Waals surface area (Å²) in [7, 11) is 0. The van der Waals surface area contributed by atoms with Gasteiger partial charge < -0.3 is 0 Å². The molecule has 0 saturated carbocycles.